The van der Waals surface area contributed by atoms with Crippen LogP contribution in [0.25, 0.3) is 0 Å². The summed E-state index contributed by atoms with van der Waals surface area (Å²) in [5.41, 5.74) is -16.6. The summed E-state index contributed by atoms with van der Waals surface area (Å²) < 4.78 is 13.7. The van der Waals surface area contributed by atoms with Crippen LogP contribution in [0.3, 0.4) is 0 Å². The van der Waals surface area contributed by atoms with E-state index in [0.717, 1.165) is 0 Å². The molecule has 3 aromatic carbocycles. The largest absolute Gasteiger partial charge is 1.32 e. The van der Waals surface area contributed by atoms with Crippen molar-refractivity contribution in [3.8, 4) is 34.5 Å². The van der Waals surface area contributed by atoms with Gasteiger partial charge in [-0.2, -0.15) is 0 Å². The lowest BCUT2D eigenvalue weighted by molar-refractivity contribution is -0.752. The third-order valence-electron chi connectivity index (χ3n) is 5.91. The third-order valence-corrected chi connectivity index (χ3v) is 7.06. The molecule has 3 aromatic rings. The average Bonchev–Trinajstić information content (AvgIpc) is 2.99. The van der Waals surface area contributed by atoms with Gasteiger partial charge in [-0.3, -0.25) is 78.6 Å². The lowest BCUT2D eigenvalue weighted by atomic mass is 10.2. The molecule has 0 spiro atoms. The summed E-state index contributed by atoms with van der Waals surface area (Å²) in [5.74, 6) is -11.9. The molecular formula is C18H8AlN9O24+2. The van der Waals surface area contributed by atoms with E-state index in [1.807, 2.05) is 0 Å². The number of hydrogen-bond donors (Lipinski definition) is 5. The Morgan fingerprint density at radius 1 is 0.404 bits per heavy atom. The van der Waals surface area contributed by atoms with Gasteiger partial charge in [-0.15, -0.1) is 0 Å². The first-order valence-electron chi connectivity index (χ1n) is 12.1. The SMILES string of the molecule is O=[N+]([O-])c1cc([N+](=O)[O-])c([O][Al]([O][N+](=O)c2c(O)c([N+](=O)[O-])cc([N+](=O)[O-])c2O)[O][N+](=O)c2c(O)c([N+](=O)[O-])cc([N+](=O)[O-])c2O)c([N+](=O)[O-])c1O. The molecule has 0 aliphatic carbocycles. The molecule has 0 radical (unpaired) electrons. The second-order valence-corrected chi connectivity index (χ2v) is 10.0. The first-order valence-corrected chi connectivity index (χ1v) is 13.5. The maximum Gasteiger partial charge on any atom is 1.32 e. The predicted octanol–water partition coefficient (Wildman–Crippen LogP) is 2.02. The van der Waals surface area contributed by atoms with Crippen LogP contribution in [0, 0.1) is 80.6 Å². The lowest BCUT2D eigenvalue weighted by Gasteiger charge is -2.09. The van der Waals surface area contributed by atoms with Crippen molar-refractivity contribution in [3.05, 3.63) is 98.8 Å². The molecule has 0 fully saturated rings. The van der Waals surface area contributed by atoms with Gasteiger partial charge in [0.05, 0.1) is 44.3 Å². The topological polar surface area (TPSA) is 471 Å². The van der Waals surface area contributed by atoms with Crippen LogP contribution in [0.1, 0.15) is 0 Å². The smallest absolute Gasteiger partial charge is 0.563 e. The van der Waals surface area contributed by atoms with Gasteiger partial charge in [-0.05, 0) is 0 Å². The van der Waals surface area contributed by atoms with Crippen LogP contribution in [-0.4, -0.2) is 85.0 Å². The van der Waals surface area contributed by atoms with Gasteiger partial charge < -0.3 is 29.3 Å². The van der Waals surface area contributed by atoms with Crippen LogP contribution in [0.4, 0.5) is 51.2 Å². The van der Waals surface area contributed by atoms with Crippen molar-refractivity contribution < 1.29 is 81.4 Å². The molecule has 0 heterocycles. The number of nitro benzene ring substituents is 7. The Kier molecular flexibility index (Phi) is 10.2. The van der Waals surface area contributed by atoms with Gasteiger partial charge in [-0.25, -0.2) is 0 Å². The zero-order chi connectivity index (χ0) is 39.7. The van der Waals surface area contributed by atoms with E-state index in [-0.39, 0.29) is 18.2 Å². The fourth-order valence-electron chi connectivity index (χ4n) is 3.74. The Morgan fingerprint density at radius 2 is 0.654 bits per heavy atom. The standard InChI is InChI=1S/3C6H3N3O8.Al/c3*10-5-2(7(12)13)1-3(8(14)15)6(11)4(5)9(16)17;/h3*1,10-11H;/q;;;+3/p-1. The van der Waals surface area contributed by atoms with Crippen LogP contribution in [0.5, 0.6) is 34.5 Å². The van der Waals surface area contributed by atoms with Crippen molar-refractivity contribution in [1.29, 1.82) is 0 Å². The molecule has 3 rings (SSSR count). The van der Waals surface area contributed by atoms with Crippen molar-refractivity contribution in [2.24, 2.45) is 0 Å². The number of phenols is 5. The molecule has 5 N–H and O–H groups in total. The zero-order valence-corrected chi connectivity index (χ0v) is 25.0. The van der Waals surface area contributed by atoms with E-state index in [4.69, 9.17) is 3.79 Å². The van der Waals surface area contributed by atoms with Gasteiger partial charge in [0.2, 0.25) is 15.6 Å². The minimum atomic E-state index is -5.65. The fraction of sp³-hybridized carbons (Fsp3) is 0. The highest BCUT2D eigenvalue weighted by Crippen LogP contribution is 2.51. The highest BCUT2D eigenvalue weighted by atomic mass is 27.3. The number of nitrogens with zero attached hydrogens (tertiary/aromatic N) is 9. The second-order valence-electron chi connectivity index (χ2n) is 8.79. The van der Waals surface area contributed by atoms with E-state index >= 15 is 0 Å². The van der Waals surface area contributed by atoms with Crippen molar-refractivity contribution in [1.82, 2.24) is 0 Å². The van der Waals surface area contributed by atoms with Crippen LogP contribution < -0.4 is 3.79 Å². The summed E-state index contributed by atoms with van der Waals surface area (Å²) in [5, 5.41) is 131. The van der Waals surface area contributed by atoms with Crippen LogP contribution in [0.15, 0.2) is 18.2 Å². The van der Waals surface area contributed by atoms with E-state index < -0.39 is 145 Å². The highest BCUT2D eigenvalue weighted by molar-refractivity contribution is 6.37. The molecule has 0 saturated carbocycles. The minimum absolute atomic E-state index is 0.0869. The van der Waals surface area contributed by atoms with Gasteiger partial charge in [0.25, 0.3) is 28.7 Å². The van der Waals surface area contributed by atoms with E-state index in [9.17, 15) is 106 Å². The van der Waals surface area contributed by atoms with Crippen LogP contribution in [0.2, 0.25) is 0 Å². The molecule has 0 saturated heterocycles. The molecular weight excluding hydrogens is 753 g/mol. The van der Waals surface area contributed by atoms with Gasteiger partial charge in [0.1, 0.15) is 18.2 Å². The normalized spacial score (nSPS) is 10.4. The minimum Gasteiger partial charge on any atom is -0.563 e. The summed E-state index contributed by atoms with van der Waals surface area (Å²) >= 11 is -5.65. The summed E-state index contributed by atoms with van der Waals surface area (Å²) in [6.45, 7) is 0. The van der Waals surface area contributed by atoms with Gasteiger partial charge in [-0.1, -0.05) is 0 Å². The number of hydrogen-bond acceptors (Lipinski definition) is 24. The Bertz CT molecular complexity index is 2010. The van der Waals surface area contributed by atoms with Crippen molar-refractivity contribution in [2.75, 3.05) is 0 Å². The van der Waals surface area contributed by atoms with E-state index in [2.05, 4.69) is 7.78 Å². The quantitative estimate of drug-likeness (QED) is 0.0839. The number of phenolic OH excluding ortho intramolecular Hbond substituents is 5. The van der Waals surface area contributed by atoms with Crippen LogP contribution >= 0.6 is 0 Å². The molecule has 0 bridgehead atoms. The molecule has 270 valence electrons. The van der Waals surface area contributed by atoms with Crippen molar-refractivity contribution in [3.63, 3.8) is 0 Å². The molecule has 0 aromatic heterocycles. The molecule has 52 heavy (non-hydrogen) atoms. The maximum atomic E-state index is 13.0. The summed E-state index contributed by atoms with van der Waals surface area (Å²) in [7, 11) is 0. The monoisotopic (exact) mass is 761 g/mol. The van der Waals surface area contributed by atoms with Gasteiger partial charge in [0, 0.05) is 0 Å². The van der Waals surface area contributed by atoms with Gasteiger partial charge in [0.15, 0.2) is 0 Å². The number of benzene rings is 3. The lowest BCUT2D eigenvalue weighted by Crippen LogP contribution is -2.36. The van der Waals surface area contributed by atoms with E-state index in [1.165, 1.54) is 0 Å². The maximum absolute atomic E-state index is 13.0. The zero-order valence-electron chi connectivity index (χ0n) is 23.8. The third kappa shape index (κ3) is 6.91. The van der Waals surface area contributed by atoms with E-state index in [0.29, 0.717) is 0 Å². The molecule has 0 atom stereocenters. The Labute approximate surface area is 281 Å². The van der Waals surface area contributed by atoms with Crippen molar-refractivity contribution in [2.45, 2.75) is 0 Å². The molecule has 0 aliphatic heterocycles. The number of aromatic hydroxyl groups is 5. The predicted molar refractivity (Wildman–Crippen MR) is 149 cm³/mol. The Hall–Kier alpha value is -8.41. The highest BCUT2D eigenvalue weighted by Gasteiger charge is 2.64. The summed E-state index contributed by atoms with van der Waals surface area (Å²) in [6, 6.07) is -0.372. The molecule has 0 aliphatic rings. The second kappa shape index (κ2) is 14.0. The summed E-state index contributed by atoms with van der Waals surface area (Å²) in [4.78, 5) is 92.0. The van der Waals surface area contributed by atoms with Crippen molar-refractivity contribution >= 4 is 66.3 Å². The number of nitro groups is 7. The number of rotatable bonds is 15. The fourth-order valence-corrected chi connectivity index (χ4v) is 4.81. The van der Waals surface area contributed by atoms with E-state index in [1.54, 1.807) is 0 Å². The first-order chi connectivity index (χ1) is 24.0. The Morgan fingerprint density at radius 3 is 0.904 bits per heavy atom. The van der Waals surface area contributed by atoms with Crippen LogP contribution in [-0.2, 0) is 7.78 Å². The summed E-state index contributed by atoms with van der Waals surface area (Å²) in [6.07, 6.45) is 0. The first kappa shape index (κ1) is 38.0. The average molecular weight is 761 g/mol. The molecule has 33 nitrogen and oxygen atoms in total. The van der Waals surface area contributed by atoms with Gasteiger partial charge >= 0.3 is 66.3 Å². The molecule has 0 amide bonds. The molecule has 0 unspecified atom stereocenters. The molecule has 34 heteroatoms. The Balaban J connectivity index is 2.37.